The number of carbonyl (C=O) groups excluding carboxylic acids is 1. The van der Waals surface area contributed by atoms with Crippen LogP contribution in [0, 0.1) is 0 Å². The molecule has 1 amide bonds. The zero-order chi connectivity index (χ0) is 13.2. The number of nitrogens with one attached hydrogen (secondary N) is 2. The first-order chi connectivity index (χ1) is 9.28. The van der Waals surface area contributed by atoms with Gasteiger partial charge in [-0.3, -0.25) is 14.8 Å². The van der Waals surface area contributed by atoms with Gasteiger partial charge in [0, 0.05) is 25.0 Å². The molecule has 2 saturated carbocycles. The monoisotopic (exact) mass is 263 g/mol. The van der Waals surface area contributed by atoms with Crippen molar-refractivity contribution in [2.75, 3.05) is 19.6 Å². The Kier molecular flexibility index (Phi) is 3.50. The second kappa shape index (κ2) is 5.28. The summed E-state index contributed by atoms with van der Waals surface area (Å²) in [6.07, 6.45) is 4.91. The summed E-state index contributed by atoms with van der Waals surface area (Å²) in [5, 5.41) is 9.73. The Morgan fingerprint density at radius 1 is 1.42 bits per heavy atom. The van der Waals surface area contributed by atoms with Crippen molar-refractivity contribution in [3.05, 3.63) is 11.6 Å². The van der Waals surface area contributed by atoms with Crippen molar-refractivity contribution in [1.29, 1.82) is 0 Å². The molecule has 0 saturated heterocycles. The third kappa shape index (κ3) is 3.12. The average molecular weight is 263 g/mol. The summed E-state index contributed by atoms with van der Waals surface area (Å²) in [5.41, 5.74) is 0. The molecule has 2 aliphatic rings. The first kappa shape index (κ1) is 12.6. The fourth-order valence-corrected chi connectivity index (χ4v) is 2.35. The summed E-state index contributed by atoms with van der Waals surface area (Å²) in [6, 6.07) is 0.742. The van der Waals surface area contributed by atoms with Gasteiger partial charge >= 0.3 is 0 Å². The van der Waals surface area contributed by atoms with Crippen LogP contribution in [-0.4, -0.2) is 51.7 Å². The number of H-pyrrole nitrogens is 1. The summed E-state index contributed by atoms with van der Waals surface area (Å²) in [5.74, 6) is 1.46. The first-order valence-corrected chi connectivity index (χ1v) is 7.22. The minimum absolute atomic E-state index is 0.171. The maximum Gasteiger partial charge on any atom is 0.291 e. The van der Waals surface area contributed by atoms with Crippen LogP contribution in [0.15, 0.2) is 0 Å². The number of carbonyl (C=O) groups is 1. The van der Waals surface area contributed by atoms with E-state index in [0.29, 0.717) is 12.5 Å². The van der Waals surface area contributed by atoms with Gasteiger partial charge < -0.3 is 5.32 Å². The molecule has 1 aromatic heterocycles. The molecule has 0 spiro atoms. The molecule has 0 radical (unpaired) electrons. The number of aromatic nitrogens is 3. The lowest BCUT2D eigenvalue weighted by atomic mass is 10.4. The standard InChI is InChI=1S/C13H21N5O/c1-2-18(10-5-6-10)8-7-14-13(19)12-15-11(16-17-12)9-3-4-9/h9-10H,2-8H2,1H3,(H,14,19)(H,15,16,17). The van der Waals surface area contributed by atoms with E-state index in [1.54, 1.807) is 0 Å². The molecular formula is C13H21N5O. The van der Waals surface area contributed by atoms with Crippen molar-refractivity contribution in [3.8, 4) is 0 Å². The molecule has 2 N–H and O–H groups in total. The van der Waals surface area contributed by atoms with Gasteiger partial charge in [0.1, 0.15) is 5.82 Å². The minimum atomic E-state index is -0.171. The van der Waals surface area contributed by atoms with Crippen molar-refractivity contribution >= 4 is 5.91 Å². The van der Waals surface area contributed by atoms with E-state index >= 15 is 0 Å². The van der Waals surface area contributed by atoms with Gasteiger partial charge in [-0.25, -0.2) is 4.98 Å². The van der Waals surface area contributed by atoms with Gasteiger partial charge in [-0.2, -0.15) is 0 Å². The number of likely N-dealkylation sites (N-methyl/N-ethyl adjacent to an activating group) is 1. The summed E-state index contributed by atoms with van der Waals surface area (Å²) in [6.45, 7) is 4.79. The molecule has 6 heteroatoms. The zero-order valence-electron chi connectivity index (χ0n) is 11.4. The van der Waals surface area contributed by atoms with Crippen LogP contribution in [0.5, 0.6) is 0 Å². The molecule has 2 fully saturated rings. The van der Waals surface area contributed by atoms with E-state index < -0.39 is 0 Å². The Labute approximate surface area is 113 Å². The zero-order valence-corrected chi connectivity index (χ0v) is 11.4. The van der Waals surface area contributed by atoms with Crippen LogP contribution < -0.4 is 5.32 Å². The van der Waals surface area contributed by atoms with E-state index in [0.717, 1.165) is 37.8 Å². The molecule has 1 heterocycles. The summed E-state index contributed by atoms with van der Waals surface area (Å²) in [7, 11) is 0. The minimum Gasteiger partial charge on any atom is -0.348 e. The van der Waals surface area contributed by atoms with Gasteiger partial charge in [0.05, 0.1) is 0 Å². The Morgan fingerprint density at radius 2 is 2.21 bits per heavy atom. The molecule has 0 aromatic carbocycles. The lowest BCUT2D eigenvalue weighted by Crippen LogP contribution is -2.36. The normalized spacial score (nSPS) is 18.8. The smallest absolute Gasteiger partial charge is 0.291 e. The average Bonchev–Trinajstić information content (AvgIpc) is 3.34. The quantitative estimate of drug-likeness (QED) is 0.766. The second-order valence-corrected chi connectivity index (χ2v) is 5.43. The first-order valence-electron chi connectivity index (χ1n) is 7.22. The van der Waals surface area contributed by atoms with Gasteiger partial charge in [0.2, 0.25) is 5.82 Å². The highest BCUT2D eigenvalue weighted by Gasteiger charge is 2.29. The maximum absolute atomic E-state index is 11.9. The van der Waals surface area contributed by atoms with Gasteiger partial charge in [0.25, 0.3) is 5.91 Å². The van der Waals surface area contributed by atoms with Crippen LogP contribution >= 0.6 is 0 Å². The van der Waals surface area contributed by atoms with E-state index in [1.807, 2.05) is 0 Å². The van der Waals surface area contributed by atoms with Crippen molar-refractivity contribution in [2.45, 2.75) is 44.6 Å². The second-order valence-electron chi connectivity index (χ2n) is 5.43. The van der Waals surface area contributed by atoms with E-state index in [1.165, 1.54) is 12.8 Å². The molecule has 1 aromatic rings. The molecule has 0 aliphatic heterocycles. The molecule has 0 bridgehead atoms. The topological polar surface area (TPSA) is 73.9 Å². The number of amides is 1. The van der Waals surface area contributed by atoms with Crippen LogP contribution in [0.3, 0.4) is 0 Å². The van der Waals surface area contributed by atoms with Crippen molar-refractivity contribution in [1.82, 2.24) is 25.4 Å². The number of aromatic amines is 1. The third-order valence-corrected chi connectivity index (χ3v) is 3.82. The highest BCUT2D eigenvalue weighted by Crippen LogP contribution is 2.37. The summed E-state index contributed by atoms with van der Waals surface area (Å²) >= 11 is 0. The lowest BCUT2D eigenvalue weighted by Gasteiger charge is -2.19. The number of hydrogen-bond acceptors (Lipinski definition) is 4. The maximum atomic E-state index is 11.9. The van der Waals surface area contributed by atoms with Gasteiger partial charge in [-0.05, 0) is 32.2 Å². The van der Waals surface area contributed by atoms with Gasteiger partial charge in [-0.1, -0.05) is 6.92 Å². The van der Waals surface area contributed by atoms with Crippen LogP contribution in [0.1, 0.15) is 55.0 Å². The fourth-order valence-electron chi connectivity index (χ4n) is 2.35. The van der Waals surface area contributed by atoms with Crippen molar-refractivity contribution in [2.24, 2.45) is 0 Å². The van der Waals surface area contributed by atoms with Gasteiger partial charge in [0.15, 0.2) is 0 Å². The lowest BCUT2D eigenvalue weighted by molar-refractivity contribution is 0.0938. The molecule has 0 atom stereocenters. The van der Waals surface area contributed by atoms with Crippen molar-refractivity contribution < 1.29 is 4.79 Å². The number of rotatable bonds is 7. The van der Waals surface area contributed by atoms with E-state index in [9.17, 15) is 4.79 Å². The summed E-state index contributed by atoms with van der Waals surface area (Å²) < 4.78 is 0. The Bertz CT molecular complexity index is 450. The predicted octanol–water partition coefficient (Wildman–Crippen LogP) is 0.896. The van der Waals surface area contributed by atoms with Crippen LogP contribution in [0.4, 0.5) is 0 Å². The molecule has 2 aliphatic carbocycles. The Balaban J connectivity index is 1.44. The summed E-state index contributed by atoms with van der Waals surface area (Å²) in [4.78, 5) is 18.5. The highest BCUT2D eigenvalue weighted by atomic mass is 16.2. The third-order valence-electron chi connectivity index (χ3n) is 3.82. The number of hydrogen-bond donors (Lipinski definition) is 2. The van der Waals surface area contributed by atoms with Crippen LogP contribution in [0.2, 0.25) is 0 Å². The van der Waals surface area contributed by atoms with Crippen LogP contribution in [0.25, 0.3) is 0 Å². The molecule has 104 valence electrons. The fraction of sp³-hybridized carbons (Fsp3) is 0.769. The van der Waals surface area contributed by atoms with Crippen molar-refractivity contribution in [3.63, 3.8) is 0 Å². The largest absolute Gasteiger partial charge is 0.348 e. The number of nitrogens with zero attached hydrogens (tertiary/aromatic N) is 3. The SMILES string of the molecule is CCN(CCNC(=O)c1n[nH]c(C2CC2)n1)C1CC1. The molecule has 6 nitrogen and oxygen atoms in total. The molecule has 0 unspecified atom stereocenters. The van der Waals surface area contributed by atoms with E-state index in [4.69, 9.17) is 0 Å². The van der Waals surface area contributed by atoms with Gasteiger partial charge in [-0.15, -0.1) is 5.10 Å². The Hall–Kier alpha value is -1.43. The van der Waals surface area contributed by atoms with E-state index in [2.05, 4.69) is 32.3 Å². The molecular weight excluding hydrogens is 242 g/mol. The predicted molar refractivity (Wildman–Crippen MR) is 71.0 cm³/mol. The Morgan fingerprint density at radius 3 is 2.84 bits per heavy atom. The molecule has 3 rings (SSSR count). The van der Waals surface area contributed by atoms with Crippen LogP contribution in [-0.2, 0) is 0 Å². The van der Waals surface area contributed by atoms with E-state index in [-0.39, 0.29) is 11.7 Å². The highest BCUT2D eigenvalue weighted by molar-refractivity contribution is 5.90. The molecule has 19 heavy (non-hydrogen) atoms.